The number of carbonyl (C=O) groups is 3. The molecule has 1 aromatic rings. The topological polar surface area (TPSA) is 89.9 Å². The molecule has 0 spiro atoms. The molecule has 1 aliphatic rings. The van der Waals surface area contributed by atoms with Crippen LogP contribution in [0, 0.1) is 11.8 Å². The van der Waals surface area contributed by atoms with Gasteiger partial charge in [0, 0.05) is 22.4 Å². The lowest BCUT2D eigenvalue weighted by molar-refractivity contribution is -0.172. The third-order valence-corrected chi connectivity index (χ3v) is 5.34. The third-order valence-electron chi connectivity index (χ3n) is 4.68. The van der Waals surface area contributed by atoms with Crippen LogP contribution in [0.4, 0.5) is 0 Å². The zero-order valence-corrected chi connectivity index (χ0v) is 16.8. The number of esters is 2. The van der Waals surface area contributed by atoms with Crippen molar-refractivity contribution in [2.24, 2.45) is 11.8 Å². The quantitative estimate of drug-likeness (QED) is 0.585. The lowest BCUT2D eigenvalue weighted by Gasteiger charge is -2.44. The summed E-state index contributed by atoms with van der Waals surface area (Å²) in [5.74, 6) is -5.71. The molecule has 0 aliphatic heterocycles. The minimum absolute atomic E-state index is 0.0616. The molecule has 4 unspecified atom stereocenters. The molecule has 27 heavy (non-hydrogen) atoms. The first-order valence-electron chi connectivity index (χ1n) is 8.67. The monoisotopic (exact) mass is 416 g/mol. The number of ether oxygens (including phenoxy) is 2. The van der Waals surface area contributed by atoms with Gasteiger partial charge in [0.2, 0.25) is 0 Å². The van der Waals surface area contributed by atoms with Gasteiger partial charge in [-0.25, -0.2) is 0 Å². The Morgan fingerprint density at radius 3 is 2.19 bits per heavy atom. The van der Waals surface area contributed by atoms with Crippen molar-refractivity contribution in [3.8, 4) is 0 Å². The van der Waals surface area contributed by atoms with E-state index in [1.165, 1.54) is 6.92 Å². The van der Waals surface area contributed by atoms with Gasteiger partial charge in [0.25, 0.3) is 0 Å². The molecule has 4 atom stereocenters. The number of benzene rings is 1. The van der Waals surface area contributed by atoms with Crippen LogP contribution in [0.3, 0.4) is 0 Å². The number of aliphatic hydroxyl groups is 1. The van der Waals surface area contributed by atoms with E-state index in [2.05, 4.69) is 0 Å². The molecule has 148 valence electrons. The van der Waals surface area contributed by atoms with E-state index in [1.807, 2.05) is 0 Å². The summed E-state index contributed by atoms with van der Waals surface area (Å²) in [5, 5.41) is 11.2. The Hall–Kier alpha value is -1.63. The highest BCUT2D eigenvalue weighted by Gasteiger charge is 2.57. The molecule has 1 aliphatic carbocycles. The molecule has 6 nitrogen and oxygen atoms in total. The van der Waals surface area contributed by atoms with Crippen LogP contribution in [0.25, 0.3) is 0 Å². The summed E-state index contributed by atoms with van der Waals surface area (Å²) in [6, 6.07) is 4.69. The average Bonchev–Trinajstić information content (AvgIpc) is 2.53. The van der Waals surface area contributed by atoms with Gasteiger partial charge in [-0.2, -0.15) is 0 Å². The molecular formula is C19H22Cl2O6. The van der Waals surface area contributed by atoms with Crippen molar-refractivity contribution in [2.75, 3.05) is 13.2 Å². The lowest BCUT2D eigenvalue weighted by Crippen LogP contribution is -2.55. The van der Waals surface area contributed by atoms with Crippen molar-refractivity contribution in [3.63, 3.8) is 0 Å². The number of carbonyl (C=O) groups excluding carboxylic acids is 3. The highest BCUT2D eigenvalue weighted by atomic mass is 35.5. The molecule has 1 aromatic carbocycles. The highest BCUT2D eigenvalue weighted by Crippen LogP contribution is 2.50. The second kappa shape index (κ2) is 8.59. The predicted molar refractivity (Wildman–Crippen MR) is 99.7 cm³/mol. The van der Waals surface area contributed by atoms with Gasteiger partial charge in [0.15, 0.2) is 5.78 Å². The van der Waals surface area contributed by atoms with E-state index in [0.717, 1.165) is 0 Å². The van der Waals surface area contributed by atoms with E-state index in [-0.39, 0.29) is 28.8 Å². The lowest BCUT2D eigenvalue weighted by atomic mass is 9.61. The van der Waals surface area contributed by atoms with E-state index >= 15 is 0 Å². The van der Waals surface area contributed by atoms with Crippen LogP contribution in [-0.2, 0) is 23.9 Å². The summed E-state index contributed by atoms with van der Waals surface area (Å²) in [6.45, 7) is 4.74. The second-order valence-corrected chi connectivity index (χ2v) is 7.44. The SMILES string of the molecule is CCOC(=O)C1C(=O)CC(C)(O)C(C(=O)OCC)C1c1c(Cl)cccc1Cl. The van der Waals surface area contributed by atoms with Crippen LogP contribution in [0.5, 0.6) is 0 Å². The van der Waals surface area contributed by atoms with E-state index in [9.17, 15) is 19.5 Å². The minimum atomic E-state index is -1.74. The summed E-state index contributed by atoms with van der Waals surface area (Å²) in [4.78, 5) is 38.1. The van der Waals surface area contributed by atoms with E-state index < -0.39 is 47.5 Å². The molecule has 1 N–H and O–H groups in total. The maximum absolute atomic E-state index is 12.8. The molecule has 0 amide bonds. The summed E-state index contributed by atoms with van der Waals surface area (Å²) >= 11 is 12.6. The zero-order chi connectivity index (χ0) is 20.4. The molecule has 0 radical (unpaired) electrons. The largest absolute Gasteiger partial charge is 0.466 e. The standard InChI is InChI=1S/C19H22Cl2O6/c1-4-26-17(23)14-12(22)9-19(3,25)16(18(24)27-5-2)15(14)13-10(20)7-6-8-11(13)21/h6-8,14-16,25H,4-5,9H2,1-3H3. The van der Waals surface area contributed by atoms with Crippen molar-refractivity contribution in [1.29, 1.82) is 0 Å². The zero-order valence-electron chi connectivity index (χ0n) is 15.3. The van der Waals surface area contributed by atoms with Crippen LogP contribution in [0.15, 0.2) is 18.2 Å². The summed E-state index contributed by atoms with van der Waals surface area (Å²) in [7, 11) is 0. The molecule has 0 heterocycles. The first-order chi connectivity index (χ1) is 12.7. The van der Waals surface area contributed by atoms with Gasteiger partial charge in [-0.1, -0.05) is 29.3 Å². The number of ketones is 1. The molecule has 8 heteroatoms. The van der Waals surface area contributed by atoms with Gasteiger partial charge >= 0.3 is 11.9 Å². The fourth-order valence-electron chi connectivity index (χ4n) is 3.66. The fraction of sp³-hybridized carbons (Fsp3) is 0.526. The number of hydrogen-bond donors (Lipinski definition) is 1. The first-order valence-corrected chi connectivity index (χ1v) is 9.43. The Bertz CT molecular complexity index is 725. The number of Topliss-reactive ketones (excluding diaryl/α,β-unsaturated/α-hetero) is 1. The maximum Gasteiger partial charge on any atom is 0.317 e. The Kier molecular flexibility index (Phi) is 6.89. The van der Waals surface area contributed by atoms with E-state index in [4.69, 9.17) is 32.7 Å². The molecule has 0 bridgehead atoms. The predicted octanol–water partition coefficient (Wildman–Crippen LogP) is 3.16. The summed E-state index contributed by atoms with van der Waals surface area (Å²) in [6.07, 6.45) is -0.390. The Morgan fingerprint density at radius 2 is 1.67 bits per heavy atom. The number of halogens is 2. The fourth-order valence-corrected chi connectivity index (χ4v) is 4.31. The van der Waals surface area contributed by atoms with Crippen LogP contribution in [0.2, 0.25) is 10.0 Å². The highest BCUT2D eigenvalue weighted by molar-refractivity contribution is 6.36. The van der Waals surface area contributed by atoms with Crippen LogP contribution in [0.1, 0.15) is 38.7 Å². The molecule has 1 fully saturated rings. The molecule has 0 saturated heterocycles. The molecule has 1 saturated carbocycles. The van der Waals surface area contributed by atoms with Crippen LogP contribution >= 0.6 is 23.2 Å². The van der Waals surface area contributed by atoms with Gasteiger partial charge < -0.3 is 14.6 Å². The Morgan fingerprint density at radius 1 is 1.15 bits per heavy atom. The van der Waals surface area contributed by atoms with Crippen LogP contribution < -0.4 is 0 Å². The number of hydrogen-bond acceptors (Lipinski definition) is 6. The van der Waals surface area contributed by atoms with Crippen LogP contribution in [-0.4, -0.2) is 41.6 Å². The van der Waals surface area contributed by atoms with Gasteiger partial charge in [-0.05, 0) is 38.5 Å². The van der Waals surface area contributed by atoms with Gasteiger partial charge in [-0.3, -0.25) is 14.4 Å². The Balaban J connectivity index is 2.71. The van der Waals surface area contributed by atoms with Gasteiger partial charge in [0.05, 0.1) is 24.7 Å². The first kappa shape index (κ1) is 21.7. The minimum Gasteiger partial charge on any atom is -0.466 e. The molecular weight excluding hydrogens is 395 g/mol. The maximum atomic E-state index is 12.8. The van der Waals surface area contributed by atoms with Crippen molar-refractivity contribution in [2.45, 2.75) is 38.7 Å². The average molecular weight is 417 g/mol. The smallest absolute Gasteiger partial charge is 0.317 e. The van der Waals surface area contributed by atoms with Crippen molar-refractivity contribution >= 4 is 40.9 Å². The summed E-state index contributed by atoms with van der Waals surface area (Å²) < 4.78 is 10.2. The van der Waals surface area contributed by atoms with E-state index in [1.54, 1.807) is 32.0 Å². The Labute approximate surface area is 167 Å². The van der Waals surface area contributed by atoms with Gasteiger partial charge in [-0.15, -0.1) is 0 Å². The second-order valence-electron chi connectivity index (χ2n) is 6.62. The normalized spacial score (nSPS) is 27.9. The third kappa shape index (κ3) is 4.28. The molecule has 2 rings (SSSR count). The number of rotatable bonds is 5. The van der Waals surface area contributed by atoms with Crippen molar-refractivity contribution in [1.82, 2.24) is 0 Å². The van der Waals surface area contributed by atoms with Crippen molar-refractivity contribution in [3.05, 3.63) is 33.8 Å². The van der Waals surface area contributed by atoms with Gasteiger partial charge in [0.1, 0.15) is 5.92 Å². The summed E-state index contributed by atoms with van der Waals surface area (Å²) in [5.41, 5.74) is -1.50. The van der Waals surface area contributed by atoms with Crippen molar-refractivity contribution < 1.29 is 29.0 Å². The van der Waals surface area contributed by atoms with E-state index in [0.29, 0.717) is 0 Å². The molecule has 0 aromatic heterocycles.